The minimum absolute atomic E-state index is 0.685. The number of amides is 3. The van der Waals surface area contributed by atoms with Crippen molar-refractivity contribution in [2.24, 2.45) is 11.7 Å². The Labute approximate surface area is 98.1 Å². The van der Waals surface area contributed by atoms with E-state index in [1.807, 2.05) is 0 Å². The molecule has 2 atom stereocenters. The van der Waals surface area contributed by atoms with Crippen LogP contribution >= 0.6 is 0 Å². The van der Waals surface area contributed by atoms with E-state index in [4.69, 9.17) is 5.11 Å². The number of carboxylic acid groups (broad SMARTS) is 1. The summed E-state index contributed by atoms with van der Waals surface area (Å²) < 4.78 is 23.2. The fourth-order valence-corrected chi connectivity index (χ4v) is 2.46. The van der Waals surface area contributed by atoms with Crippen LogP contribution in [0.3, 0.4) is 0 Å². The van der Waals surface area contributed by atoms with Crippen molar-refractivity contribution in [3.63, 3.8) is 0 Å². The van der Waals surface area contributed by atoms with Gasteiger partial charge in [0.1, 0.15) is 5.25 Å². The number of imide groups is 1. The number of sulfone groups is 1. The van der Waals surface area contributed by atoms with Crippen molar-refractivity contribution in [2.75, 3.05) is 5.75 Å². The van der Waals surface area contributed by atoms with E-state index in [1.165, 1.54) is 6.92 Å². The van der Waals surface area contributed by atoms with E-state index in [1.54, 1.807) is 5.32 Å². The van der Waals surface area contributed by atoms with Gasteiger partial charge in [0.15, 0.2) is 9.84 Å². The monoisotopic (exact) mass is 266 g/mol. The zero-order chi connectivity index (χ0) is 13.8. The van der Waals surface area contributed by atoms with Crippen molar-refractivity contribution >= 4 is 27.7 Å². The molecule has 3 amide bonds. The molecule has 0 saturated heterocycles. The number of hydrogen-bond acceptors (Lipinski definition) is 5. The molecule has 2 unspecified atom stereocenters. The van der Waals surface area contributed by atoms with Gasteiger partial charge in [-0.3, -0.25) is 14.9 Å². The lowest BCUT2D eigenvalue weighted by Crippen LogP contribution is -2.44. The molecule has 0 aliphatic carbocycles. The third kappa shape index (κ3) is 4.81. The second-order valence-electron chi connectivity index (χ2n) is 3.56. The highest BCUT2D eigenvalue weighted by molar-refractivity contribution is 7.92. The van der Waals surface area contributed by atoms with Crippen LogP contribution < -0.4 is 11.1 Å². The SMILES string of the molecule is CC(CS(=O)(=O)C(C)C(=O)NC(N)=O)C(=O)O. The smallest absolute Gasteiger partial charge is 0.318 e. The summed E-state index contributed by atoms with van der Waals surface area (Å²) >= 11 is 0. The van der Waals surface area contributed by atoms with Crippen LogP contribution in [0.15, 0.2) is 0 Å². The maximum atomic E-state index is 11.6. The van der Waals surface area contributed by atoms with E-state index in [2.05, 4.69) is 5.73 Å². The van der Waals surface area contributed by atoms with Crippen LogP contribution in [0.1, 0.15) is 13.8 Å². The number of rotatable bonds is 5. The molecule has 0 aliphatic heterocycles. The molecule has 0 heterocycles. The van der Waals surface area contributed by atoms with E-state index in [9.17, 15) is 22.8 Å². The molecule has 0 saturated carbocycles. The van der Waals surface area contributed by atoms with Crippen LogP contribution in [0.5, 0.6) is 0 Å². The van der Waals surface area contributed by atoms with Crippen LogP contribution in [0.25, 0.3) is 0 Å². The van der Waals surface area contributed by atoms with Gasteiger partial charge >= 0.3 is 12.0 Å². The van der Waals surface area contributed by atoms with E-state index >= 15 is 0 Å². The summed E-state index contributed by atoms with van der Waals surface area (Å²) in [7, 11) is -3.95. The van der Waals surface area contributed by atoms with Crippen LogP contribution in [0.4, 0.5) is 4.79 Å². The quantitative estimate of drug-likeness (QED) is 0.564. The topological polar surface area (TPSA) is 144 Å². The largest absolute Gasteiger partial charge is 0.481 e. The second kappa shape index (κ2) is 5.62. The first-order valence-electron chi connectivity index (χ1n) is 4.62. The highest BCUT2D eigenvalue weighted by atomic mass is 32.2. The third-order valence-corrected chi connectivity index (χ3v) is 4.31. The van der Waals surface area contributed by atoms with Crippen molar-refractivity contribution in [1.82, 2.24) is 5.32 Å². The van der Waals surface area contributed by atoms with Crippen LogP contribution in [0, 0.1) is 5.92 Å². The van der Waals surface area contributed by atoms with Crippen molar-refractivity contribution in [3.05, 3.63) is 0 Å². The van der Waals surface area contributed by atoms with Gasteiger partial charge in [-0.25, -0.2) is 13.2 Å². The summed E-state index contributed by atoms with van der Waals surface area (Å²) in [5, 5.41) is 8.67. The molecular formula is C8H14N2O6S. The lowest BCUT2D eigenvalue weighted by Gasteiger charge is -2.13. The van der Waals surface area contributed by atoms with Gasteiger partial charge in [-0.15, -0.1) is 0 Å². The lowest BCUT2D eigenvalue weighted by atomic mass is 10.2. The van der Waals surface area contributed by atoms with Gasteiger partial charge in [0, 0.05) is 0 Å². The molecule has 0 aromatic heterocycles. The molecule has 17 heavy (non-hydrogen) atoms. The Hall–Kier alpha value is -1.64. The molecule has 0 fully saturated rings. The van der Waals surface area contributed by atoms with Gasteiger partial charge in [0.2, 0.25) is 5.91 Å². The Morgan fingerprint density at radius 1 is 1.29 bits per heavy atom. The number of nitrogens with one attached hydrogen (secondary N) is 1. The minimum Gasteiger partial charge on any atom is -0.481 e. The van der Waals surface area contributed by atoms with Crippen LogP contribution in [-0.4, -0.2) is 42.4 Å². The molecule has 98 valence electrons. The van der Waals surface area contributed by atoms with E-state index < -0.39 is 44.7 Å². The minimum atomic E-state index is -3.95. The van der Waals surface area contributed by atoms with Crippen LogP contribution in [0.2, 0.25) is 0 Å². The summed E-state index contributed by atoms with van der Waals surface area (Å²) in [6.45, 7) is 2.26. The van der Waals surface area contributed by atoms with E-state index in [0.717, 1.165) is 6.92 Å². The molecule has 9 heteroatoms. The Kier molecular flexibility index (Phi) is 5.08. The van der Waals surface area contributed by atoms with Gasteiger partial charge in [-0.1, -0.05) is 6.92 Å². The molecule has 8 nitrogen and oxygen atoms in total. The normalized spacial score (nSPS) is 14.7. The molecule has 0 aromatic carbocycles. The predicted octanol–water partition coefficient (Wildman–Crippen LogP) is -1.29. The van der Waals surface area contributed by atoms with Crippen molar-refractivity contribution in [3.8, 4) is 0 Å². The van der Waals surface area contributed by atoms with Crippen molar-refractivity contribution in [1.29, 1.82) is 0 Å². The molecule has 0 aliphatic rings. The van der Waals surface area contributed by atoms with E-state index in [0.29, 0.717) is 0 Å². The van der Waals surface area contributed by atoms with Gasteiger partial charge in [-0.2, -0.15) is 0 Å². The number of carboxylic acids is 1. The standard InChI is InChI=1S/C8H14N2O6S/c1-4(7(12)13)3-17(15,16)5(2)6(11)10-8(9)14/h4-5H,3H2,1-2H3,(H,12,13)(H3,9,10,11,14). The van der Waals surface area contributed by atoms with Gasteiger partial charge < -0.3 is 10.8 Å². The Bertz CT molecular complexity index is 429. The number of nitrogens with two attached hydrogens (primary N) is 1. The maximum Gasteiger partial charge on any atom is 0.318 e. The zero-order valence-corrected chi connectivity index (χ0v) is 10.2. The van der Waals surface area contributed by atoms with Gasteiger partial charge in [0.25, 0.3) is 0 Å². The van der Waals surface area contributed by atoms with Gasteiger partial charge in [0.05, 0.1) is 11.7 Å². The molecule has 0 aromatic rings. The number of carbonyl (C=O) groups excluding carboxylic acids is 2. The number of hydrogen-bond donors (Lipinski definition) is 3. The highest BCUT2D eigenvalue weighted by Gasteiger charge is 2.31. The molecule has 4 N–H and O–H groups in total. The summed E-state index contributed by atoms with van der Waals surface area (Å²) in [6.07, 6.45) is 0. The fraction of sp³-hybridized carbons (Fsp3) is 0.625. The second-order valence-corrected chi connectivity index (χ2v) is 5.93. The highest BCUT2D eigenvalue weighted by Crippen LogP contribution is 2.08. The number of primary amides is 1. The molecule has 0 bridgehead atoms. The summed E-state index contributed by atoms with van der Waals surface area (Å²) in [5.74, 6) is -4.18. The predicted molar refractivity (Wildman–Crippen MR) is 57.8 cm³/mol. The summed E-state index contributed by atoms with van der Waals surface area (Å²) in [4.78, 5) is 32.1. The molecule has 0 rings (SSSR count). The van der Waals surface area contributed by atoms with Crippen LogP contribution in [-0.2, 0) is 19.4 Å². The molecular weight excluding hydrogens is 252 g/mol. The Morgan fingerprint density at radius 3 is 2.12 bits per heavy atom. The average Bonchev–Trinajstić information content (AvgIpc) is 2.14. The lowest BCUT2D eigenvalue weighted by molar-refractivity contribution is -0.140. The van der Waals surface area contributed by atoms with Gasteiger partial charge in [-0.05, 0) is 6.92 Å². The Balaban J connectivity index is 4.77. The first-order chi connectivity index (χ1) is 7.58. The number of carbonyl (C=O) groups is 3. The zero-order valence-electron chi connectivity index (χ0n) is 9.34. The summed E-state index contributed by atoms with van der Waals surface area (Å²) in [6, 6.07) is -1.16. The number of urea groups is 1. The molecule has 0 spiro atoms. The van der Waals surface area contributed by atoms with Crippen molar-refractivity contribution in [2.45, 2.75) is 19.1 Å². The number of aliphatic carboxylic acids is 1. The first-order valence-corrected chi connectivity index (χ1v) is 6.34. The molecule has 0 radical (unpaired) electrons. The summed E-state index contributed by atoms with van der Waals surface area (Å²) in [5.41, 5.74) is 4.66. The van der Waals surface area contributed by atoms with Crippen molar-refractivity contribution < 1.29 is 27.9 Å². The average molecular weight is 266 g/mol. The fourth-order valence-electron chi connectivity index (χ4n) is 0.950. The first kappa shape index (κ1) is 15.4. The van der Waals surface area contributed by atoms with E-state index in [-0.39, 0.29) is 0 Å². The maximum absolute atomic E-state index is 11.6. The Morgan fingerprint density at radius 2 is 1.76 bits per heavy atom. The third-order valence-electron chi connectivity index (χ3n) is 2.06.